The van der Waals surface area contributed by atoms with Crippen molar-refractivity contribution in [3.8, 4) is 0 Å². The standard InChI is InChI=1S/C22H21N3O2S/c26-19(17-9-5-2-6-10-17)14-25(13-16-7-3-1-4-8-16)15-20-23-18-11-12-28-21(18)22(27)24-20/h1-12,19,26H,13-15H2,(H,23,24,27)/t19-/m1/s1. The molecule has 6 heteroatoms. The smallest absolute Gasteiger partial charge is 0.268 e. The fourth-order valence-corrected chi connectivity index (χ4v) is 3.99. The number of nitrogens with one attached hydrogen (secondary N) is 1. The maximum atomic E-state index is 12.3. The van der Waals surface area contributed by atoms with E-state index in [1.165, 1.54) is 11.3 Å². The number of hydrogen-bond donors (Lipinski definition) is 2. The van der Waals surface area contributed by atoms with E-state index in [0.717, 1.165) is 11.1 Å². The molecule has 4 aromatic rings. The zero-order valence-electron chi connectivity index (χ0n) is 15.3. The summed E-state index contributed by atoms with van der Waals surface area (Å²) < 4.78 is 0.641. The number of benzene rings is 2. The van der Waals surface area contributed by atoms with Gasteiger partial charge in [-0.25, -0.2) is 4.98 Å². The third kappa shape index (κ3) is 4.36. The summed E-state index contributed by atoms with van der Waals surface area (Å²) in [4.78, 5) is 21.9. The summed E-state index contributed by atoms with van der Waals surface area (Å²) in [6, 6.07) is 21.6. The fraction of sp³-hybridized carbons (Fsp3) is 0.182. The number of fused-ring (bicyclic) bond motifs is 1. The van der Waals surface area contributed by atoms with E-state index in [1.807, 2.05) is 60.0 Å². The van der Waals surface area contributed by atoms with Gasteiger partial charge in [-0.1, -0.05) is 60.7 Å². The Morgan fingerprint density at radius 2 is 1.71 bits per heavy atom. The quantitative estimate of drug-likeness (QED) is 0.504. The average Bonchev–Trinajstić information content (AvgIpc) is 3.18. The van der Waals surface area contributed by atoms with Crippen LogP contribution in [0.15, 0.2) is 76.9 Å². The molecule has 0 saturated heterocycles. The van der Waals surface area contributed by atoms with E-state index in [0.29, 0.717) is 35.7 Å². The second-order valence-electron chi connectivity index (χ2n) is 6.73. The Balaban J connectivity index is 1.58. The topological polar surface area (TPSA) is 69.2 Å². The highest BCUT2D eigenvalue weighted by Crippen LogP contribution is 2.18. The van der Waals surface area contributed by atoms with Crippen molar-refractivity contribution < 1.29 is 5.11 Å². The largest absolute Gasteiger partial charge is 0.387 e. The number of aliphatic hydroxyl groups is 1. The molecule has 142 valence electrons. The van der Waals surface area contributed by atoms with E-state index >= 15 is 0 Å². The van der Waals surface area contributed by atoms with E-state index < -0.39 is 6.10 Å². The van der Waals surface area contributed by atoms with Crippen LogP contribution in [0.2, 0.25) is 0 Å². The molecule has 0 aliphatic rings. The predicted octanol–water partition coefficient (Wildman–Crippen LogP) is 3.72. The first-order chi connectivity index (χ1) is 13.7. The Bertz CT molecular complexity index is 1090. The van der Waals surface area contributed by atoms with Crippen LogP contribution in [0.25, 0.3) is 10.2 Å². The molecule has 0 aliphatic heterocycles. The molecule has 2 N–H and O–H groups in total. The summed E-state index contributed by atoms with van der Waals surface area (Å²) in [6.07, 6.45) is -0.624. The monoisotopic (exact) mass is 391 g/mol. The van der Waals surface area contributed by atoms with Gasteiger partial charge in [0.25, 0.3) is 5.56 Å². The Morgan fingerprint density at radius 1 is 1.00 bits per heavy atom. The van der Waals surface area contributed by atoms with E-state index in [4.69, 9.17) is 0 Å². The summed E-state index contributed by atoms with van der Waals surface area (Å²) in [7, 11) is 0. The molecule has 0 saturated carbocycles. The van der Waals surface area contributed by atoms with Gasteiger partial charge in [0.05, 0.1) is 18.2 Å². The van der Waals surface area contributed by atoms with Crippen LogP contribution in [0.5, 0.6) is 0 Å². The molecule has 1 atom stereocenters. The number of rotatable bonds is 7. The van der Waals surface area contributed by atoms with Gasteiger partial charge in [0.2, 0.25) is 0 Å². The minimum Gasteiger partial charge on any atom is -0.387 e. The Labute approximate surface area is 166 Å². The SMILES string of the molecule is O=c1[nH]c(CN(Cc2ccccc2)C[C@@H](O)c2ccccc2)nc2ccsc12. The van der Waals surface area contributed by atoms with Crippen LogP contribution in [0.4, 0.5) is 0 Å². The van der Waals surface area contributed by atoms with Crippen LogP contribution in [0.3, 0.4) is 0 Å². The molecular formula is C22H21N3O2S. The number of aliphatic hydroxyl groups excluding tert-OH is 1. The van der Waals surface area contributed by atoms with Gasteiger partial charge in [-0.3, -0.25) is 9.69 Å². The van der Waals surface area contributed by atoms with E-state index in [2.05, 4.69) is 27.0 Å². The van der Waals surface area contributed by atoms with Crippen molar-refractivity contribution >= 4 is 21.6 Å². The lowest BCUT2D eigenvalue weighted by Gasteiger charge is -2.25. The number of nitrogens with zero attached hydrogens (tertiary/aromatic N) is 2. The van der Waals surface area contributed by atoms with Crippen LogP contribution in [0, 0.1) is 0 Å². The van der Waals surface area contributed by atoms with Crippen LogP contribution in [0.1, 0.15) is 23.1 Å². The lowest BCUT2D eigenvalue weighted by molar-refractivity contribution is 0.103. The molecule has 2 aromatic carbocycles. The lowest BCUT2D eigenvalue weighted by atomic mass is 10.1. The highest BCUT2D eigenvalue weighted by atomic mass is 32.1. The summed E-state index contributed by atoms with van der Waals surface area (Å²) in [6.45, 7) is 1.53. The molecule has 0 aliphatic carbocycles. The summed E-state index contributed by atoms with van der Waals surface area (Å²) in [5.41, 5.74) is 2.61. The van der Waals surface area contributed by atoms with Crippen LogP contribution >= 0.6 is 11.3 Å². The minimum atomic E-state index is -0.624. The van der Waals surface area contributed by atoms with Gasteiger partial charge in [-0.15, -0.1) is 11.3 Å². The van der Waals surface area contributed by atoms with Crippen LogP contribution in [-0.4, -0.2) is 26.5 Å². The molecule has 0 radical (unpaired) electrons. The van der Waals surface area contributed by atoms with Crippen LogP contribution in [-0.2, 0) is 13.1 Å². The molecule has 0 unspecified atom stereocenters. The molecule has 2 aromatic heterocycles. The highest BCUT2D eigenvalue weighted by molar-refractivity contribution is 7.17. The first kappa shape index (κ1) is 18.6. The van der Waals surface area contributed by atoms with E-state index in [-0.39, 0.29) is 5.56 Å². The highest BCUT2D eigenvalue weighted by Gasteiger charge is 2.16. The molecule has 5 nitrogen and oxygen atoms in total. The van der Waals surface area contributed by atoms with Gasteiger partial charge in [0, 0.05) is 13.1 Å². The second kappa shape index (κ2) is 8.48. The molecule has 0 fully saturated rings. The maximum absolute atomic E-state index is 12.3. The molecule has 0 bridgehead atoms. The van der Waals surface area contributed by atoms with Crippen molar-refractivity contribution in [2.75, 3.05) is 6.54 Å². The van der Waals surface area contributed by atoms with Crippen molar-refractivity contribution in [1.29, 1.82) is 0 Å². The Hall–Kier alpha value is -2.80. The summed E-state index contributed by atoms with van der Waals surface area (Å²) in [5, 5.41) is 12.6. The zero-order chi connectivity index (χ0) is 19.3. The fourth-order valence-electron chi connectivity index (χ4n) is 3.26. The van der Waals surface area contributed by atoms with Gasteiger partial charge in [0.15, 0.2) is 0 Å². The first-order valence-corrected chi connectivity index (χ1v) is 10.0. The van der Waals surface area contributed by atoms with E-state index in [9.17, 15) is 9.90 Å². The molecule has 28 heavy (non-hydrogen) atoms. The minimum absolute atomic E-state index is 0.113. The third-order valence-corrected chi connectivity index (χ3v) is 5.50. The van der Waals surface area contributed by atoms with Gasteiger partial charge >= 0.3 is 0 Å². The lowest BCUT2D eigenvalue weighted by Crippen LogP contribution is -2.29. The number of aromatic nitrogens is 2. The molecular weight excluding hydrogens is 370 g/mol. The van der Waals surface area contributed by atoms with Crippen molar-refractivity contribution in [3.05, 3.63) is 99.4 Å². The summed E-state index contributed by atoms with van der Waals surface area (Å²) in [5.74, 6) is 0.604. The van der Waals surface area contributed by atoms with Gasteiger partial charge in [0.1, 0.15) is 10.5 Å². The van der Waals surface area contributed by atoms with Crippen molar-refractivity contribution in [1.82, 2.24) is 14.9 Å². The predicted molar refractivity (Wildman–Crippen MR) is 112 cm³/mol. The maximum Gasteiger partial charge on any atom is 0.268 e. The summed E-state index contributed by atoms with van der Waals surface area (Å²) >= 11 is 1.39. The molecule has 2 heterocycles. The second-order valence-corrected chi connectivity index (χ2v) is 7.65. The normalized spacial score (nSPS) is 12.5. The van der Waals surface area contributed by atoms with Gasteiger partial charge in [-0.2, -0.15) is 0 Å². The van der Waals surface area contributed by atoms with Crippen molar-refractivity contribution in [2.45, 2.75) is 19.2 Å². The van der Waals surface area contributed by atoms with Gasteiger partial charge < -0.3 is 10.1 Å². The molecule has 4 rings (SSSR count). The number of thiophene rings is 1. The average molecular weight is 391 g/mol. The molecule has 0 spiro atoms. The van der Waals surface area contributed by atoms with Gasteiger partial charge in [-0.05, 0) is 22.6 Å². The van der Waals surface area contributed by atoms with Crippen molar-refractivity contribution in [2.24, 2.45) is 0 Å². The Morgan fingerprint density at radius 3 is 2.46 bits per heavy atom. The van der Waals surface area contributed by atoms with Crippen molar-refractivity contribution in [3.63, 3.8) is 0 Å². The number of H-pyrrole nitrogens is 1. The third-order valence-electron chi connectivity index (χ3n) is 4.60. The number of hydrogen-bond acceptors (Lipinski definition) is 5. The number of aromatic amines is 1. The van der Waals surface area contributed by atoms with E-state index in [1.54, 1.807) is 0 Å². The molecule has 0 amide bonds. The first-order valence-electron chi connectivity index (χ1n) is 9.15. The zero-order valence-corrected chi connectivity index (χ0v) is 16.1. The Kier molecular flexibility index (Phi) is 5.62. The van der Waals surface area contributed by atoms with Crippen LogP contribution < -0.4 is 5.56 Å².